The smallest absolute Gasteiger partial charge is 0.139 e. The van der Waals surface area contributed by atoms with Crippen LogP contribution in [0.5, 0.6) is 5.75 Å². The van der Waals surface area contributed by atoms with Crippen LogP contribution < -0.4 is 10.1 Å². The predicted molar refractivity (Wildman–Crippen MR) is 74.3 cm³/mol. The van der Waals surface area contributed by atoms with Crippen molar-refractivity contribution >= 4 is 23.2 Å². The zero-order valence-corrected chi connectivity index (χ0v) is 11.8. The monoisotopic (exact) mass is 275 g/mol. The van der Waals surface area contributed by atoms with Gasteiger partial charge >= 0.3 is 0 Å². The molecule has 0 aliphatic rings. The van der Waals surface area contributed by atoms with Crippen LogP contribution in [0.25, 0.3) is 0 Å². The van der Waals surface area contributed by atoms with Crippen molar-refractivity contribution in [2.45, 2.75) is 32.7 Å². The van der Waals surface area contributed by atoms with E-state index >= 15 is 0 Å². The topological polar surface area (TPSA) is 21.3 Å². The molecule has 0 radical (unpaired) electrons. The number of hydrogen-bond donors (Lipinski definition) is 1. The van der Waals surface area contributed by atoms with Crippen molar-refractivity contribution in [3.8, 4) is 5.75 Å². The Kier molecular flexibility index (Phi) is 6.71. The Hall–Kier alpha value is -0.440. The van der Waals surface area contributed by atoms with E-state index in [1.54, 1.807) is 18.2 Å². The van der Waals surface area contributed by atoms with Crippen molar-refractivity contribution in [1.82, 2.24) is 5.32 Å². The maximum absolute atomic E-state index is 5.98. The average molecular weight is 276 g/mol. The quantitative estimate of drug-likeness (QED) is 0.755. The summed E-state index contributed by atoms with van der Waals surface area (Å²) in [5.74, 6) is 0.655. The summed E-state index contributed by atoms with van der Waals surface area (Å²) in [5, 5.41) is 4.65. The number of hydrogen-bond acceptors (Lipinski definition) is 2. The van der Waals surface area contributed by atoms with Crippen LogP contribution in [-0.4, -0.2) is 19.2 Å². The van der Waals surface area contributed by atoms with E-state index < -0.39 is 0 Å². The molecule has 0 heterocycles. The first-order valence-electron chi connectivity index (χ1n) is 5.94. The highest BCUT2D eigenvalue weighted by Crippen LogP contribution is 2.27. The van der Waals surface area contributed by atoms with E-state index in [2.05, 4.69) is 19.2 Å². The van der Waals surface area contributed by atoms with Crippen molar-refractivity contribution in [3.05, 3.63) is 28.2 Å². The van der Waals surface area contributed by atoms with E-state index in [0.717, 1.165) is 19.4 Å². The molecule has 0 spiro atoms. The lowest BCUT2D eigenvalue weighted by molar-refractivity contribution is 0.305. The largest absolute Gasteiger partial charge is 0.492 e. The number of nitrogens with one attached hydrogen (secondary N) is 1. The molecule has 0 aliphatic carbocycles. The molecular weight excluding hydrogens is 257 g/mol. The lowest BCUT2D eigenvalue weighted by atomic mass is 10.2. The first-order chi connectivity index (χ1) is 8.13. The van der Waals surface area contributed by atoms with E-state index in [0.29, 0.717) is 28.4 Å². The van der Waals surface area contributed by atoms with Gasteiger partial charge in [0.25, 0.3) is 0 Å². The second kappa shape index (κ2) is 7.80. The van der Waals surface area contributed by atoms with Gasteiger partial charge in [0.1, 0.15) is 5.75 Å². The summed E-state index contributed by atoms with van der Waals surface area (Å²) in [6.07, 6.45) is 2.09. The molecule has 1 atom stereocenters. The van der Waals surface area contributed by atoms with E-state index in [1.165, 1.54) is 0 Å². The van der Waals surface area contributed by atoms with Crippen molar-refractivity contribution in [3.63, 3.8) is 0 Å². The summed E-state index contributed by atoms with van der Waals surface area (Å²) in [7, 11) is 0. The summed E-state index contributed by atoms with van der Waals surface area (Å²) < 4.78 is 5.58. The SMILES string of the molecule is CC[C@H](C)NCCCOc1cc(Cl)ccc1Cl. The van der Waals surface area contributed by atoms with E-state index in [-0.39, 0.29) is 0 Å². The highest BCUT2D eigenvalue weighted by Gasteiger charge is 2.02. The number of ether oxygens (including phenoxy) is 1. The summed E-state index contributed by atoms with van der Waals surface area (Å²) in [6.45, 7) is 5.94. The number of halogens is 2. The standard InChI is InChI=1S/C13H19Cl2NO/c1-3-10(2)16-7-4-8-17-13-9-11(14)5-6-12(13)15/h5-6,9-10,16H,3-4,7-8H2,1-2H3/t10-/m0/s1. The minimum atomic E-state index is 0.560. The molecule has 96 valence electrons. The Morgan fingerprint density at radius 1 is 1.35 bits per heavy atom. The molecule has 0 fully saturated rings. The molecule has 0 unspecified atom stereocenters. The summed E-state index contributed by atoms with van der Waals surface area (Å²) >= 11 is 11.8. The molecule has 4 heteroatoms. The van der Waals surface area contributed by atoms with Crippen LogP contribution >= 0.6 is 23.2 Å². The second-order valence-electron chi connectivity index (χ2n) is 4.04. The zero-order valence-electron chi connectivity index (χ0n) is 10.3. The minimum absolute atomic E-state index is 0.560. The summed E-state index contributed by atoms with van der Waals surface area (Å²) in [4.78, 5) is 0. The third-order valence-corrected chi connectivity index (χ3v) is 3.12. The van der Waals surface area contributed by atoms with Gasteiger partial charge in [-0.1, -0.05) is 30.1 Å². The van der Waals surface area contributed by atoms with Gasteiger partial charge in [-0.3, -0.25) is 0 Å². The first-order valence-corrected chi connectivity index (χ1v) is 6.70. The molecule has 1 N–H and O–H groups in total. The van der Waals surface area contributed by atoms with Crippen molar-refractivity contribution in [2.24, 2.45) is 0 Å². The lowest BCUT2D eigenvalue weighted by Gasteiger charge is -2.12. The molecule has 0 saturated carbocycles. The van der Waals surface area contributed by atoms with Crippen LogP contribution in [-0.2, 0) is 0 Å². The normalized spacial score (nSPS) is 12.5. The molecule has 0 aromatic heterocycles. The molecule has 17 heavy (non-hydrogen) atoms. The van der Waals surface area contributed by atoms with Crippen molar-refractivity contribution < 1.29 is 4.74 Å². The fourth-order valence-electron chi connectivity index (χ4n) is 1.33. The third-order valence-electron chi connectivity index (χ3n) is 2.58. The average Bonchev–Trinajstić information content (AvgIpc) is 2.32. The summed E-state index contributed by atoms with van der Waals surface area (Å²) in [6, 6.07) is 5.80. The third kappa shape index (κ3) is 5.62. The molecule has 0 amide bonds. The molecule has 1 aromatic rings. The fourth-order valence-corrected chi connectivity index (χ4v) is 1.67. The van der Waals surface area contributed by atoms with Crippen LogP contribution in [0.1, 0.15) is 26.7 Å². The van der Waals surface area contributed by atoms with Crippen LogP contribution in [0, 0.1) is 0 Å². The highest BCUT2D eigenvalue weighted by atomic mass is 35.5. The van der Waals surface area contributed by atoms with E-state index in [4.69, 9.17) is 27.9 Å². The molecule has 1 aromatic carbocycles. The predicted octanol–water partition coefficient (Wildman–Crippen LogP) is 4.15. The van der Waals surface area contributed by atoms with E-state index in [9.17, 15) is 0 Å². The minimum Gasteiger partial charge on any atom is -0.492 e. The van der Waals surface area contributed by atoms with Gasteiger partial charge in [0.15, 0.2) is 0 Å². The Morgan fingerprint density at radius 2 is 2.12 bits per heavy atom. The number of benzene rings is 1. The Labute approximate surface area is 113 Å². The van der Waals surface area contributed by atoms with Gasteiger partial charge in [0.05, 0.1) is 11.6 Å². The van der Waals surface area contributed by atoms with Crippen molar-refractivity contribution in [2.75, 3.05) is 13.2 Å². The van der Waals surface area contributed by atoms with Crippen LogP contribution in [0.3, 0.4) is 0 Å². The lowest BCUT2D eigenvalue weighted by Crippen LogP contribution is -2.27. The van der Waals surface area contributed by atoms with Crippen LogP contribution in [0.2, 0.25) is 10.0 Å². The molecule has 0 saturated heterocycles. The highest BCUT2D eigenvalue weighted by molar-refractivity contribution is 6.34. The van der Waals surface area contributed by atoms with Gasteiger partial charge < -0.3 is 10.1 Å². The van der Waals surface area contributed by atoms with Gasteiger partial charge in [-0.25, -0.2) is 0 Å². The van der Waals surface area contributed by atoms with Crippen LogP contribution in [0.15, 0.2) is 18.2 Å². The van der Waals surface area contributed by atoms with Gasteiger partial charge in [0.2, 0.25) is 0 Å². The first kappa shape index (κ1) is 14.6. The van der Waals surface area contributed by atoms with Gasteiger partial charge in [-0.05, 0) is 38.4 Å². The van der Waals surface area contributed by atoms with Gasteiger partial charge in [-0.15, -0.1) is 0 Å². The summed E-state index contributed by atoms with van der Waals surface area (Å²) in [5.41, 5.74) is 0. The molecule has 0 aliphatic heterocycles. The van der Waals surface area contributed by atoms with Crippen LogP contribution in [0.4, 0.5) is 0 Å². The van der Waals surface area contributed by atoms with Crippen molar-refractivity contribution in [1.29, 1.82) is 0 Å². The maximum atomic E-state index is 5.98. The van der Waals surface area contributed by atoms with E-state index in [1.807, 2.05) is 0 Å². The Morgan fingerprint density at radius 3 is 2.82 bits per heavy atom. The molecule has 1 rings (SSSR count). The molecule has 0 bridgehead atoms. The molecular formula is C13H19Cl2NO. The zero-order chi connectivity index (χ0) is 12.7. The Bertz CT molecular complexity index is 344. The van der Waals surface area contributed by atoms with Gasteiger partial charge in [-0.2, -0.15) is 0 Å². The second-order valence-corrected chi connectivity index (χ2v) is 4.88. The Balaban J connectivity index is 2.24. The number of rotatable bonds is 7. The maximum Gasteiger partial charge on any atom is 0.139 e. The van der Waals surface area contributed by atoms with Gasteiger partial charge in [0, 0.05) is 17.1 Å². The molecule has 2 nitrogen and oxygen atoms in total. The fraction of sp³-hybridized carbons (Fsp3) is 0.538.